The highest BCUT2D eigenvalue weighted by Gasteiger charge is 2.32. The minimum absolute atomic E-state index is 0.118. The van der Waals surface area contributed by atoms with E-state index in [4.69, 9.17) is 11.6 Å². The molecular formula is C17H22ClN5O3S2. The van der Waals surface area contributed by atoms with E-state index in [0.29, 0.717) is 31.2 Å². The van der Waals surface area contributed by atoms with Gasteiger partial charge < -0.3 is 10.2 Å². The summed E-state index contributed by atoms with van der Waals surface area (Å²) >= 11 is 6.90. The van der Waals surface area contributed by atoms with E-state index in [-0.39, 0.29) is 15.4 Å². The average Bonchev–Trinajstić information content (AvgIpc) is 3.10. The molecule has 0 unspecified atom stereocenters. The van der Waals surface area contributed by atoms with E-state index in [1.165, 1.54) is 4.31 Å². The van der Waals surface area contributed by atoms with Crippen molar-refractivity contribution in [3.05, 3.63) is 29.3 Å². The zero-order valence-corrected chi connectivity index (χ0v) is 18.2. The molecule has 2 heterocycles. The van der Waals surface area contributed by atoms with Gasteiger partial charge in [-0.1, -0.05) is 49.8 Å². The molecule has 1 aliphatic rings. The Morgan fingerprint density at radius 3 is 2.46 bits per heavy atom. The summed E-state index contributed by atoms with van der Waals surface area (Å²) in [7, 11) is -3.75. The molecular weight excluding hydrogens is 422 g/mol. The predicted molar refractivity (Wildman–Crippen MR) is 110 cm³/mol. The number of carbonyl (C=O) groups excluding carboxylic acids is 1. The molecule has 1 N–H and O–H groups in total. The van der Waals surface area contributed by atoms with Crippen molar-refractivity contribution in [2.24, 2.45) is 5.41 Å². The molecule has 3 rings (SSSR count). The molecule has 2 aromatic rings. The summed E-state index contributed by atoms with van der Waals surface area (Å²) in [5.41, 5.74) is 0.356. The SMILES string of the molecule is CC(C)(C)C(=O)Nc1nnc(S(=O)(=O)N2CCN(c3cccc(Cl)c3)CC2)s1. The Morgan fingerprint density at radius 2 is 1.86 bits per heavy atom. The third-order valence-corrected chi connectivity index (χ3v) is 7.60. The summed E-state index contributed by atoms with van der Waals surface area (Å²) in [6, 6.07) is 7.48. The fourth-order valence-electron chi connectivity index (χ4n) is 2.62. The highest BCUT2D eigenvalue weighted by molar-refractivity contribution is 7.91. The van der Waals surface area contributed by atoms with Gasteiger partial charge in [0.15, 0.2) is 0 Å². The largest absolute Gasteiger partial charge is 0.369 e. The fraction of sp³-hybridized carbons (Fsp3) is 0.471. The van der Waals surface area contributed by atoms with Crippen molar-refractivity contribution in [3.8, 4) is 0 Å². The topological polar surface area (TPSA) is 95.5 Å². The molecule has 0 bridgehead atoms. The van der Waals surface area contributed by atoms with Gasteiger partial charge in [-0.25, -0.2) is 8.42 Å². The standard InChI is InChI=1S/C17H22ClN5O3S2/c1-17(2,3)14(24)19-15-20-21-16(27-15)28(25,26)23-9-7-22(8-10-23)13-6-4-5-12(18)11-13/h4-6,11H,7-10H2,1-3H3,(H,19,20,24). The van der Waals surface area contributed by atoms with E-state index >= 15 is 0 Å². The number of aromatic nitrogens is 2. The molecule has 0 aliphatic carbocycles. The number of piperazine rings is 1. The molecule has 1 aromatic heterocycles. The zero-order valence-electron chi connectivity index (χ0n) is 15.8. The van der Waals surface area contributed by atoms with Gasteiger partial charge in [0.25, 0.3) is 10.0 Å². The van der Waals surface area contributed by atoms with Crippen LogP contribution in [0.15, 0.2) is 28.6 Å². The third-order valence-electron chi connectivity index (χ3n) is 4.28. The van der Waals surface area contributed by atoms with Crippen molar-refractivity contribution < 1.29 is 13.2 Å². The molecule has 1 amide bonds. The Balaban J connectivity index is 1.67. The van der Waals surface area contributed by atoms with Crippen LogP contribution in [0.1, 0.15) is 20.8 Å². The average molecular weight is 444 g/mol. The molecule has 0 radical (unpaired) electrons. The number of hydrogen-bond donors (Lipinski definition) is 1. The minimum Gasteiger partial charge on any atom is -0.369 e. The quantitative estimate of drug-likeness (QED) is 0.730. The lowest BCUT2D eigenvalue weighted by atomic mass is 9.96. The van der Waals surface area contributed by atoms with Crippen LogP contribution in [0.25, 0.3) is 0 Å². The summed E-state index contributed by atoms with van der Waals surface area (Å²) in [5, 5.41) is 11.0. The number of hydrogen-bond acceptors (Lipinski definition) is 7. The van der Waals surface area contributed by atoms with Crippen molar-refractivity contribution in [3.63, 3.8) is 0 Å². The molecule has 1 aliphatic heterocycles. The van der Waals surface area contributed by atoms with Crippen molar-refractivity contribution in [1.29, 1.82) is 0 Å². The Morgan fingerprint density at radius 1 is 1.18 bits per heavy atom. The first-order chi connectivity index (χ1) is 13.1. The monoisotopic (exact) mass is 443 g/mol. The Bertz CT molecular complexity index is 963. The van der Waals surface area contributed by atoms with Gasteiger partial charge in [0, 0.05) is 42.3 Å². The number of amides is 1. The maximum Gasteiger partial charge on any atom is 0.272 e. The van der Waals surface area contributed by atoms with Crippen LogP contribution in [-0.4, -0.2) is 55.0 Å². The second-order valence-electron chi connectivity index (χ2n) is 7.45. The number of rotatable bonds is 4. The number of sulfonamides is 1. The fourth-order valence-corrected chi connectivity index (χ4v) is 5.26. The molecule has 0 saturated carbocycles. The predicted octanol–water partition coefficient (Wildman–Crippen LogP) is 2.69. The number of halogens is 1. The summed E-state index contributed by atoms with van der Waals surface area (Å²) in [6.45, 7) is 7.05. The summed E-state index contributed by atoms with van der Waals surface area (Å²) in [5.74, 6) is -0.247. The van der Waals surface area contributed by atoms with Gasteiger partial charge in [0.1, 0.15) is 0 Å². The van der Waals surface area contributed by atoms with Crippen LogP contribution in [0.4, 0.5) is 10.8 Å². The molecule has 152 valence electrons. The van der Waals surface area contributed by atoms with Crippen LogP contribution in [0.5, 0.6) is 0 Å². The van der Waals surface area contributed by atoms with Crippen molar-refractivity contribution in [2.75, 3.05) is 36.4 Å². The highest BCUT2D eigenvalue weighted by atomic mass is 35.5. The highest BCUT2D eigenvalue weighted by Crippen LogP contribution is 2.27. The lowest BCUT2D eigenvalue weighted by molar-refractivity contribution is -0.123. The van der Waals surface area contributed by atoms with Crippen LogP contribution in [0.2, 0.25) is 5.02 Å². The number of benzene rings is 1. The Hall–Kier alpha value is -1.75. The molecule has 0 spiro atoms. The third kappa shape index (κ3) is 4.62. The zero-order chi connectivity index (χ0) is 20.5. The van der Waals surface area contributed by atoms with Crippen molar-refractivity contribution in [2.45, 2.75) is 25.1 Å². The van der Waals surface area contributed by atoms with Gasteiger partial charge in [0.05, 0.1) is 0 Å². The molecule has 8 nitrogen and oxygen atoms in total. The maximum absolute atomic E-state index is 12.9. The first-order valence-corrected chi connectivity index (χ1v) is 11.4. The number of anilines is 2. The van der Waals surface area contributed by atoms with Gasteiger partial charge in [-0.15, -0.1) is 10.2 Å². The lowest BCUT2D eigenvalue weighted by Crippen LogP contribution is -2.48. The molecule has 11 heteroatoms. The van der Waals surface area contributed by atoms with E-state index in [0.717, 1.165) is 17.0 Å². The van der Waals surface area contributed by atoms with Crippen LogP contribution < -0.4 is 10.2 Å². The molecule has 0 atom stereocenters. The molecule has 1 saturated heterocycles. The number of nitrogens with zero attached hydrogens (tertiary/aromatic N) is 4. The summed E-state index contributed by atoms with van der Waals surface area (Å²) in [6.07, 6.45) is 0. The maximum atomic E-state index is 12.9. The van der Waals surface area contributed by atoms with Gasteiger partial charge in [-0.2, -0.15) is 4.31 Å². The molecule has 1 fully saturated rings. The van der Waals surface area contributed by atoms with Gasteiger partial charge in [-0.3, -0.25) is 4.79 Å². The second-order valence-corrected chi connectivity index (χ2v) is 11.0. The van der Waals surface area contributed by atoms with E-state index in [9.17, 15) is 13.2 Å². The Kier molecular flexibility index (Phi) is 5.95. The van der Waals surface area contributed by atoms with Crippen LogP contribution in [-0.2, 0) is 14.8 Å². The van der Waals surface area contributed by atoms with Crippen LogP contribution >= 0.6 is 22.9 Å². The van der Waals surface area contributed by atoms with E-state index in [1.54, 1.807) is 26.8 Å². The first kappa shape index (κ1) is 21.0. The van der Waals surface area contributed by atoms with Crippen LogP contribution in [0, 0.1) is 5.41 Å². The van der Waals surface area contributed by atoms with Crippen LogP contribution in [0.3, 0.4) is 0 Å². The second kappa shape index (κ2) is 7.94. The lowest BCUT2D eigenvalue weighted by Gasteiger charge is -2.34. The summed E-state index contributed by atoms with van der Waals surface area (Å²) in [4.78, 5) is 14.1. The van der Waals surface area contributed by atoms with Gasteiger partial charge >= 0.3 is 0 Å². The van der Waals surface area contributed by atoms with E-state index < -0.39 is 15.4 Å². The van der Waals surface area contributed by atoms with Crippen molar-refractivity contribution >= 4 is 49.7 Å². The molecule has 28 heavy (non-hydrogen) atoms. The number of carbonyl (C=O) groups is 1. The molecule has 1 aromatic carbocycles. The normalized spacial score (nSPS) is 16.2. The van der Waals surface area contributed by atoms with Gasteiger partial charge in [-0.05, 0) is 18.2 Å². The number of nitrogens with one attached hydrogen (secondary N) is 1. The van der Waals surface area contributed by atoms with Crippen molar-refractivity contribution in [1.82, 2.24) is 14.5 Å². The first-order valence-electron chi connectivity index (χ1n) is 8.73. The smallest absolute Gasteiger partial charge is 0.272 e. The van der Waals surface area contributed by atoms with Gasteiger partial charge in [0.2, 0.25) is 15.4 Å². The van der Waals surface area contributed by atoms with E-state index in [2.05, 4.69) is 20.4 Å². The minimum atomic E-state index is -3.75. The summed E-state index contributed by atoms with van der Waals surface area (Å²) < 4.78 is 27.0. The van der Waals surface area contributed by atoms with E-state index in [1.807, 2.05) is 18.2 Å². The Labute approximate surface area is 173 Å².